The number of alkyl halides is 3. The van der Waals surface area contributed by atoms with Gasteiger partial charge in [0.25, 0.3) is 0 Å². The molecule has 2 rings (SSSR count). The summed E-state index contributed by atoms with van der Waals surface area (Å²) in [5, 5.41) is 4.67. The van der Waals surface area contributed by atoms with Gasteiger partial charge in [-0.05, 0) is 18.6 Å². The molecule has 98 valence electrons. The second-order valence-corrected chi connectivity index (χ2v) is 4.15. The molecular weight excluding hydrogens is 247 g/mol. The Morgan fingerprint density at radius 1 is 1.33 bits per heavy atom. The zero-order valence-corrected chi connectivity index (χ0v) is 9.29. The molecule has 0 aromatic heterocycles. The molecule has 7 heteroatoms. The number of nitrogens with one attached hydrogen (secondary N) is 2. The number of hydrogen-bond donors (Lipinski definition) is 3. The van der Waals surface area contributed by atoms with Crippen LogP contribution in [-0.2, 0) is 6.18 Å². The zero-order chi connectivity index (χ0) is 13.3. The molecule has 0 bridgehead atoms. The van der Waals surface area contributed by atoms with E-state index in [1.165, 1.54) is 18.2 Å². The molecule has 4 nitrogen and oxygen atoms in total. The van der Waals surface area contributed by atoms with Crippen LogP contribution < -0.4 is 16.4 Å². The molecule has 2 amide bonds. The summed E-state index contributed by atoms with van der Waals surface area (Å²) in [5.41, 5.74) is 4.34. The van der Waals surface area contributed by atoms with Crippen molar-refractivity contribution in [2.45, 2.75) is 24.7 Å². The van der Waals surface area contributed by atoms with E-state index in [0.717, 1.165) is 6.07 Å². The largest absolute Gasteiger partial charge is 0.418 e. The summed E-state index contributed by atoms with van der Waals surface area (Å²) in [6, 6.07) is 3.88. The molecule has 1 aromatic carbocycles. The van der Waals surface area contributed by atoms with Crippen LogP contribution in [0.3, 0.4) is 0 Å². The van der Waals surface area contributed by atoms with E-state index < -0.39 is 17.8 Å². The van der Waals surface area contributed by atoms with Gasteiger partial charge in [-0.15, -0.1) is 0 Å². The first kappa shape index (κ1) is 12.7. The van der Waals surface area contributed by atoms with Gasteiger partial charge in [0.15, 0.2) is 0 Å². The zero-order valence-electron chi connectivity index (χ0n) is 9.29. The molecule has 18 heavy (non-hydrogen) atoms. The topological polar surface area (TPSA) is 67.1 Å². The fourth-order valence-electron chi connectivity index (χ4n) is 1.55. The molecule has 0 aliphatic heterocycles. The third kappa shape index (κ3) is 2.92. The quantitative estimate of drug-likeness (QED) is 0.759. The lowest BCUT2D eigenvalue weighted by atomic mass is 10.1. The van der Waals surface area contributed by atoms with E-state index in [2.05, 4.69) is 10.6 Å². The first-order chi connectivity index (χ1) is 8.38. The van der Waals surface area contributed by atoms with E-state index in [0.29, 0.717) is 6.42 Å². The maximum absolute atomic E-state index is 12.6. The average Bonchev–Trinajstić information content (AvgIpc) is 2.93. The lowest BCUT2D eigenvalue weighted by molar-refractivity contribution is -0.136. The second kappa shape index (κ2) is 4.49. The van der Waals surface area contributed by atoms with Gasteiger partial charge in [0.05, 0.1) is 11.3 Å². The van der Waals surface area contributed by atoms with Gasteiger partial charge in [-0.2, -0.15) is 13.2 Å². The lowest BCUT2D eigenvalue weighted by Gasteiger charge is -2.13. The summed E-state index contributed by atoms with van der Waals surface area (Å²) in [5.74, 6) is 0. The van der Waals surface area contributed by atoms with Crippen molar-refractivity contribution < 1.29 is 18.0 Å². The molecule has 1 aliphatic rings. The predicted molar refractivity (Wildman–Crippen MR) is 60.0 cm³/mol. The number of halogens is 3. The highest BCUT2D eigenvalue weighted by atomic mass is 19.4. The van der Waals surface area contributed by atoms with Gasteiger partial charge in [0.1, 0.15) is 0 Å². The van der Waals surface area contributed by atoms with E-state index in [1.54, 1.807) is 0 Å². The minimum Gasteiger partial charge on any atom is -0.334 e. The molecule has 4 N–H and O–H groups in total. The molecule has 2 atom stereocenters. The number of urea groups is 1. The fraction of sp³-hybridized carbons (Fsp3) is 0.364. The van der Waals surface area contributed by atoms with Gasteiger partial charge in [-0.1, -0.05) is 12.1 Å². The van der Waals surface area contributed by atoms with Gasteiger partial charge in [0.2, 0.25) is 0 Å². The number of para-hydroxylation sites is 1. The minimum atomic E-state index is -4.50. The highest BCUT2D eigenvalue weighted by molar-refractivity contribution is 5.90. The lowest BCUT2D eigenvalue weighted by Crippen LogP contribution is -2.34. The Labute approximate surface area is 101 Å². The van der Waals surface area contributed by atoms with Gasteiger partial charge < -0.3 is 16.4 Å². The monoisotopic (exact) mass is 259 g/mol. The number of carbonyl (C=O) groups is 1. The third-order valence-corrected chi connectivity index (χ3v) is 2.64. The van der Waals surface area contributed by atoms with Crippen LogP contribution in [0.5, 0.6) is 0 Å². The maximum atomic E-state index is 12.6. The highest BCUT2D eigenvalue weighted by Gasteiger charge is 2.36. The van der Waals surface area contributed by atoms with Crippen LogP contribution in [0.25, 0.3) is 0 Å². The van der Waals surface area contributed by atoms with Crippen LogP contribution in [0, 0.1) is 0 Å². The highest BCUT2D eigenvalue weighted by Crippen LogP contribution is 2.34. The van der Waals surface area contributed by atoms with E-state index in [9.17, 15) is 18.0 Å². The van der Waals surface area contributed by atoms with E-state index in [4.69, 9.17) is 5.73 Å². The number of hydrogen-bond acceptors (Lipinski definition) is 2. The molecule has 0 radical (unpaired) electrons. The van der Waals surface area contributed by atoms with Crippen molar-refractivity contribution in [3.63, 3.8) is 0 Å². The average molecular weight is 259 g/mol. The molecule has 2 unspecified atom stereocenters. The smallest absolute Gasteiger partial charge is 0.334 e. The van der Waals surface area contributed by atoms with Crippen molar-refractivity contribution >= 4 is 11.7 Å². The molecule has 1 saturated carbocycles. The number of amides is 2. The summed E-state index contributed by atoms with van der Waals surface area (Å²) in [7, 11) is 0. The SMILES string of the molecule is NC1CC1NC(=O)Nc1ccccc1C(F)(F)F. The van der Waals surface area contributed by atoms with E-state index >= 15 is 0 Å². The Bertz CT molecular complexity index is 461. The molecular formula is C11H12F3N3O. The van der Waals surface area contributed by atoms with Crippen LogP contribution in [-0.4, -0.2) is 18.1 Å². The summed E-state index contributed by atoms with van der Waals surface area (Å²) in [4.78, 5) is 11.4. The Morgan fingerprint density at radius 2 is 1.94 bits per heavy atom. The number of carbonyl (C=O) groups excluding carboxylic acids is 1. The van der Waals surface area contributed by atoms with Crippen LogP contribution in [0.15, 0.2) is 24.3 Å². The standard InChI is InChI=1S/C11H12F3N3O/c12-11(13,14)6-3-1-2-4-8(6)16-10(18)17-9-5-7(9)15/h1-4,7,9H,5,15H2,(H2,16,17,18). The Morgan fingerprint density at radius 3 is 2.50 bits per heavy atom. The molecule has 1 aliphatic carbocycles. The second-order valence-electron chi connectivity index (χ2n) is 4.15. The number of anilines is 1. The molecule has 0 spiro atoms. The van der Waals surface area contributed by atoms with Crippen molar-refractivity contribution in [2.24, 2.45) is 5.73 Å². The summed E-state index contributed by atoms with van der Waals surface area (Å²) in [6.07, 6.45) is -3.85. The first-order valence-electron chi connectivity index (χ1n) is 5.37. The van der Waals surface area contributed by atoms with Crippen molar-refractivity contribution in [3.8, 4) is 0 Å². The summed E-state index contributed by atoms with van der Waals surface area (Å²) in [6.45, 7) is 0. The minimum absolute atomic E-state index is 0.103. The Balaban J connectivity index is 2.06. The first-order valence-corrected chi connectivity index (χ1v) is 5.37. The van der Waals surface area contributed by atoms with Crippen LogP contribution in [0.1, 0.15) is 12.0 Å². The summed E-state index contributed by atoms with van der Waals surface area (Å²) >= 11 is 0. The van der Waals surface area contributed by atoms with Gasteiger partial charge in [-0.3, -0.25) is 0 Å². The normalized spacial score (nSPS) is 22.4. The van der Waals surface area contributed by atoms with Crippen molar-refractivity contribution in [1.82, 2.24) is 5.32 Å². The van der Waals surface area contributed by atoms with Crippen molar-refractivity contribution in [1.29, 1.82) is 0 Å². The summed E-state index contributed by atoms with van der Waals surface area (Å²) < 4.78 is 37.9. The molecule has 1 fully saturated rings. The van der Waals surface area contributed by atoms with Crippen LogP contribution >= 0.6 is 0 Å². The van der Waals surface area contributed by atoms with Crippen molar-refractivity contribution in [3.05, 3.63) is 29.8 Å². The third-order valence-electron chi connectivity index (χ3n) is 2.64. The van der Waals surface area contributed by atoms with Crippen LogP contribution in [0.2, 0.25) is 0 Å². The number of rotatable bonds is 2. The molecule has 0 heterocycles. The Kier molecular flexibility index (Phi) is 3.16. The fourth-order valence-corrected chi connectivity index (χ4v) is 1.55. The van der Waals surface area contributed by atoms with Gasteiger partial charge in [0, 0.05) is 12.1 Å². The number of benzene rings is 1. The van der Waals surface area contributed by atoms with Gasteiger partial charge >= 0.3 is 12.2 Å². The van der Waals surface area contributed by atoms with E-state index in [-0.39, 0.29) is 17.8 Å². The van der Waals surface area contributed by atoms with Crippen LogP contribution in [0.4, 0.5) is 23.7 Å². The predicted octanol–water partition coefficient (Wildman–Crippen LogP) is 1.93. The maximum Gasteiger partial charge on any atom is 0.418 e. The molecule has 0 saturated heterocycles. The van der Waals surface area contributed by atoms with Gasteiger partial charge in [-0.25, -0.2) is 4.79 Å². The number of nitrogens with two attached hydrogens (primary N) is 1. The van der Waals surface area contributed by atoms with Crippen molar-refractivity contribution in [2.75, 3.05) is 5.32 Å². The van der Waals surface area contributed by atoms with E-state index in [1.807, 2.05) is 0 Å². The Hall–Kier alpha value is -1.76. The molecule has 1 aromatic rings.